The number of nitrogens with zero attached hydrogens (tertiary/aromatic N) is 3. The highest BCUT2D eigenvalue weighted by atomic mass is 32.1. The summed E-state index contributed by atoms with van der Waals surface area (Å²) in [6.07, 6.45) is 6.25. The maximum absolute atomic E-state index is 12.4. The number of thiazole rings is 1. The van der Waals surface area contributed by atoms with E-state index < -0.39 is 0 Å². The number of pyridine rings is 1. The summed E-state index contributed by atoms with van der Waals surface area (Å²) in [6.45, 7) is 8.06. The molecule has 2 aromatic heterocycles. The molecule has 2 aromatic rings. The van der Waals surface area contributed by atoms with Gasteiger partial charge in [0.2, 0.25) is 5.91 Å². The van der Waals surface area contributed by atoms with Crippen LogP contribution >= 0.6 is 11.3 Å². The molecule has 4 nitrogen and oxygen atoms in total. The molecule has 1 aliphatic heterocycles. The smallest absolute Gasteiger partial charge is 0.223 e. The summed E-state index contributed by atoms with van der Waals surface area (Å²) in [5.41, 5.74) is 2.21. The summed E-state index contributed by atoms with van der Waals surface area (Å²) in [4.78, 5) is 23.3. The summed E-state index contributed by atoms with van der Waals surface area (Å²) in [6, 6.07) is 3.99. The molecule has 0 unspecified atom stereocenters. The Morgan fingerprint density at radius 3 is 2.54 bits per heavy atom. The van der Waals surface area contributed by atoms with Crippen LogP contribution < -0.4 is 0 Å². The maximum Gasteiger partial charge on any atom is 0.223 e. The van der Waals surface area contributed by atoms with E-state index in [9.17, 15) is 4.79 Å². The molecular weight excluding hydrogens is 318 g/mol. The Labute approximate surface area is 147 Å². The number of rotatable bonds is 3. The first-order valence-electron chi connectivity index (χ1n) is 8.56. The maximum atomic E-state index is 12.4. The highest BCUT2D eigenvalue weighted by Crippen LogP contribution is 2.33. The van der Waals surface area contributed by atoms with Crippen LogP contribution in [0.3, 0.4) is 0 Å². The van der Waals surface area contributed by atoms with E-state index in [1.54, 1.807) is 23.7 Å². The number of piperidine rings is 1. The Kier molecular flexibility index (Phi) is 4.99. The second-order valence-electron chi connectivity index (χ2n) is 7.70. The predicted octanol–water partition coefficient (Wildman–Crippen LogP) is 4.35. The minimum atomic E-state index is 0.0582. The standard InChI is InChI=1S/C19H25N3OS/c1-19(2,3)12-17(23)22-10-6-15(7-11-22)18-21-16(13-24-18)14-4-8-20-9-5-14/h4-5,8-9,13,15H,6-7,10-12H2,1-3H3. The molecule has 0 aliphatic carbocycles. The number of carbonyl (C=O) groups excluding carboxylic acids is 1. The van der Waals surface area contributed by atoms with Crippen LogP contribution in [0.1, 0.15) is 51.0 Å². The fourth-order valence-corrected chi connectivity index (χ4v) is 4.07. The number of likely N-dealkylation sites (tertiary alicyclic amines) is 1. The third kappa shape index (κ3) is 4.20. The summed E-state index contributed by atoms with van der Waals surface area (Å²) in [7, 11) is 0. The third-order valence-corrected chi connectivity index (χ3v) is 5.38. The van der Waals surface area contributed by atoms with Crippen LogP contribution in [0.4, 0.5) is 0 Å². The lowest BCUT2D eigenvalue weighted by Crippen LogP contribution is -2.39. The van der Waals surface area contributed by atoms with E-state index in [1.807, 2.05) is 17.0 Å². The van der Waals surface area contributed by atoms with E-state index in [4.69, 9.17) is 4.98 Å². The van der Waals surface area contributed by atoms with Crippen LogP contribution in [0, 0.1) is 5.41 Å². The van der Waals surface area contributed by atoms with Crippen LogP contribution in [0.25, 0.3) is 11.3 Å². The first-order chi connectivity index (χ1) is 11.4. The predicted molar refractivity (Wildman–Crippen MR) is 98.0 cm³/mol. The van der Waals surface area contributed by atoms with Gasteiger partial charge < -0.3 is 4.90 Å². The van der Waals surface area contributed by atoms with Gasteiger partial charge in [-0.15, -0.1) is 11.3 Å². The van der Waals surface area contributed by atoms with Crippen LogP contribution in [0.15, 0.2) is 29.9 Å². The molecule has 3 rings (SSSR count). The van der Waals surface area contributed by atoms with Crippen molar-refractivity contribution >= 4 is 17.2 Å². The number of amides is 1. The number of hydrogen-bond donors (Lipinski definition) is 0. The van der Waals surface area contributed by atoms with Crippen molar-refractivity contribution < 1.29 is 4.79 Å². The molecule has 0 aromatic carbocycles. The molecule has 0 N–H and O–H groups in total. The first-order valence-corrected chi connectivity index (χ1v) is 9.44. The SMILES string of the molecule is CC(C)(C)CC(=O)N1CCC(c2nc(-c3ccncc3)cs2)CC1. The number of carbonyl (C=O) groups is 1. The summed E-state index contributed by atoms with van der Waals surface area (Å²) < 4.78 is 0. The fraction of sp³-hybridized carbons (Fsp3) is 0.526. The molecule has 5 heteroatoms. The lowest BCUT2D eigenvalue weighted by atomic mass is 9.90. The summed E-state index contributed by atoms with van der Waals surface area (Å²) in [5.74, 6) is 0.766. The third-order valence-electron chi connectivity index (χ3n) is 4.38. The van der Waals surface area contributed by atoms with Crippen molar-refractivity contribution in [2.75, 3.05) is 13.1 Å². The van der Waals surface area contributed by atoms with Crippen LogP contribution in [0.2, 0.25) is 0 Å². The Hall–Kier alpha value is -1.75. The molecule has 1 amide bonds. The van der Waals surface area contributed by atoms with E-state index in [1.165, 1.54) is 5.01 Å². The van der Waals surface area contributed by atoms with Gasteiger partial charge in [-0.05, 0) is 30.4 Å². The van der Waals surface area contributed by atoms with Gasteiger partial charge in [0.15, 0.2) is 0 Å². The second-order valence-corrected chi connectivity index (χ2v) is 8.59. The van der Waals surface area contributed by atoms with Gasteiger partial charge in [0.05, 0.1) is 10.7 Å². The molecule has 0 bridgehead atoms. The molecule has 0 atom stereocenters. The van der Waals surface area contributed by atoms with Gasteiger partial charge in [-0.25, -0.2) is 4.98 Å². The molecule has 1 saturated heterocycles. The lowest BCUT2D eigenvalue weighted by Gasteiger charge is -2.33. The average molecular weight is 343 g/mol. The van der Waals surface area contributed by atoms with Gasteiger partial charge >= 0.3 is 0 Å². The topological polar surface area (TPSA) is 46.1 Å². The van der Waals surface area contributed by atoms with Crippen LogP contribution in [-0.2, 0) is 4.79 Å². The Morgan fingerprint density at radius 2 is 1.92 bits per heavy atom. The molecule has 24 heavy (non-hydrogen) atoms. The van der Waals surface area contributed by atoms with Crippen molar-refractivity contribution in [3.05, 3.63) is 34.9 Å². The van der Waals surface area contributed by atoms with Gasteiger partial charge in [0, 0.05) is 48.8 Å². The molecule has 0 spiro atoms. The number of aromatic nitrogens is 2. The van der Waals surface area contributed by atoms with Crippen molar-refractivity contribution in [3.8, 4) is 11.3 Å². The van der Waals surface area contributed by atoms with Gasteiger partial charge in [-0.2, -0.15) is 0 Å². The zero-order valence-corrected chi connectivity index (χ0v) is 15.5. The zero-order chi connectivity index (χ0) is 17.2. The lowest BCUT2D eigenvalue weighted by molar-refractivity contribution is -0.134. The molecule has 0 saturated carbocycles. The van der Waals surface area contributed by atoms with Gasteiger partial charge in [-0.1, -0.05) is 20.8 Å². The molecule has 128 valence electrons. The number of hydrogen-bond acceptors (Lipinski definition) is 4. The molecule has 1 aliphatic rings. The van der Waals surface area contributed by atoms with E-state index in [-0.39, 0.29) is 11.3 Å². The van der Waals surface area contributed by atoms with E-state index in [0.29, 0.717) is 12.3 Å². The van der Waals surface area contributed by atoms with Gasteiger partial charge in [0.1, 0.15) is 0 Å². The van der Waals surface area contributed by atoms with Crippen LogP contribution in [0.5, 0.6) is 0 Å². The average Bonchev–Trinajstić information content (AvgIpc) is 3.04. The Morgan fingerprint density at radius 1 is 1.25 bits per heavy atom. The van der Waals surface area contributed by atoms with E-state index in [2.05, 4.69) is 31.1 Å². The van der Waals surface area contributed by atoms with Crippen LogP contribution in [-0.4, -0.2) is 33.9 Å². The van der Waals surface area contributed by atoms with Gasteiger partial charge in [0.25, 0.3) is 0 Å². The zero-order valence-electron chi connectivity index (χ0n) is 14.7. The second kappa shape index (κ2) is 7.01. The summed E-state index contributed by atoms with van der Waals surface area (Å²) in [5, 5.41) is 3.33. The highest BCUT2D eigenvalue weighted by Gasteiger charge is 2.27. The van der Waals surface area contributed by atoms with Crippen molar-refractivity contribution in [3.63, 3.8) is 0 Å². The summed E-state index contributed by atoms with van der Waals surface area (Å²) >= 11 is 1.74. The van der Waals surface area contributed by atoms with E-state index in [0.717, 1.165) is 37.2 Å². The molecule has 1 fully saturated rings. The minimum absolute atomic E-state index is 0.0582. The van der Waals surface area contributed by atoms with Gasteiger partial charge in [-0.3, -0.25) is 9.78 Å². The van der Waals surface area contributed by atoms with Crippen molar-refractivity contribution in [1.82, 2.24) is 14.9 Å². The highest BCUT2D eigenvalue weighted by molar-refractivity contribution is 7.10. The fourth-order valence-electron chi connectivity index (χ4n) is 3.07. The van der Waals surface area contributed by atoms with Crippen molar-refractivity contribution in [2.24, 2.45) is 5.41 Å². The van der Waals surface area contributed by atoms with E-state index >= 15 is 0 Å². The Balaban J connectivity index is 1.59. The Bertz CT molecular complexity index is 682. The largest absolute Gasteiger partial charge is 0.343 e. The normalized spacial score (nSPS) is 16.4. The van der Waals surface area contributed by atoms with Crippen molar-refractivity contribution in [2.45, 2.75) is 46.0 Å². The quantitative estimate of drug-likeness (QED) is 0.832. The molecule has 3 heterocycles. The first kappa shape index (κ1) is 17.1. The monoisotopic (exact) mass is 343 g/mol. The molecular formula is C19H25N3OS. The molecule has 0 radical (unpaired) electrons. The van der Waals surface area contributed by atoms with Crippen molar-refractivity contribution in [1.29, 1.82) is 0 Å². The minimum Gasteiger partial charge on any atom is -0.343 e.